The molecule has 0 bridgehead atoms. The first-order valence-corrected chi connectivity index (χ1v) is 5.43. The Labute approximate surface area is 89.3 Å². The Hall–Kier alpha value is -0.700. The summed E-state index contributed by atoms with van der Waals surface area (Å²) in [4.78, 5) is 11.7. The molecule has 3 nitrogen and oxygen atoms in total. The predicted octanol–water partition coefficient (Wildman–Crippen LogP) is 2.11. The first kappa shape index (κ1) is 11.4. The van der Waals surface area contributed by atoms with Gasteiger partial charge < -0.3 is 0 Å². The quantitative estimate of drug-likeness (QED) is 0.709. The molecule has 0 amide bonds. The standard InChI is InChI=1S/C10H17ClN2O/c1-8(2)13-5-4-12(10(13)14)7-9(3)6-11/h4-5,8-9H,6-7H2,1-3H3. The fourth-order valence-electron chi connectivity index (χ4n) is 1.34. The molecular formula is C10H17ClN2O. The molecule has 0 aliphatic heterocycles. The summed E-state index contributed by atoms with van der Waals surface area (Å²) in [7, 11) is 0. The molecule has 1 heterocycles. The molecule has 14 heavy (non-hydrogen) atoms. The van der Waals surface area contributed by atoms with Crippen LogP contribution in [0.25, 0.3) is 0 Å². The van der Waals surface area contributed by atoms with Crippen LogP contribution in [0.2, 0.25) is 0 Å². The zero-order valence-electron chi connectivity index (χ0n) is 8.90. The van der Waals surface area contributed by atoms with Gasteiger partial charge in [-0.15, -0.1) is 11.6 Å². The van der Waals surface area contributed by atoms with Crippen molar-refractivity contribution in [3.63, 3.8) is 0 Å². The van der Waals surface area contributed by atoms with E-state index in [-0.39, 0.29) is 11.7 Å². The van der Waals surface area contributed by atoms with E-state index in [9.17, 15) is 4.79 Å². The van der Waals surface area contributed by atoms with Crippen LogP contribution in [0.3, 0.4) is 0 Å². The topological polar surface area (TPSA) is 26.9 Å². The molecule has 0 radical (unpaired) electrons. The smallest absolute Gasteiger partial charge is 0.299 e. The highest BCUT2D eigenvalue weighted by molar-refractivity contribution is 6.18. The molecule has 4 heteroatoms. The Bertz CT molecular complexity index is 340. The monoisotopic (exact) mass is 216 g/mol. The van der Waals surface area contributed by atoms with Crippen LogP contribution in [0, 0.1) is 5.92 Å². The normalized spacial score (nSPS) is 13.5. The van der Waals surface area contributed by atoms with Crippen molar-refractivity contribution in [1.82, 2.24) is 9.13 Å². The third kappa shape index (κ3) is 2.41. The van der Waals surface area contributed by atoms with E-state index >= 15 is 0 Å². The lowest BCUT2D eigenvalue weighted by atomic mass is 10.2. The van der Waals surface area contributed by atoms with Gasteiger partial charge in [-0.1, -0.05) is 6.92 Å². The minimum Gasteiger partial charge on any atom is -0.299 e. The molecule has 0 saturated carbocycles. The van der Waals surface area contributed by atoms with Crippen molar-refractivity contribution in [3.8, 4) is 0 Å². The summed E-state index contributed by atoms with van der Waals surface area (Å²) in [5, 5.41) is 0. The van der Waals surface area contributed by atoms with Crippen LogP contribution < -0.4 is 5.69 Å². The van der Waals surface area contributed by atoms with E-state index < -0.39 is 0 Å². The maximum absolute atomic E-state index is 11.7. The number of hydrogen-bond acceptors (Lipinski definition) is 1. The second-order valence-corrected chi connectivity index (χ2v) is 4.30. The van der Waals surface area contributed by atoms with E-state index in [1.807, 2.05) is 33.2 Å². The lowest BCUT2D eigenvalue weighted by molar-refractivity contribution is 0.492. The van der Waals surface area contributed by atoms with Gasteiger partial charge in [-0.25, -0.2) is 4.79 Å². The van der Waals surface area contributed by atoms with Gasteiger partial charge in [0.15, 0.2) is 0 Å². The average molecular weight is 217 g/mol. The molecule has 0 N–H and O–H groups in total. The summed E-state index contributed by atoms with van der Waals surface area (Å²) >= 11 is 5.70. The van der Waals surface area contributed by atoms with Crippen LogP contribution in [0.5, 0.6) is 0 Å². The summed E-state index contributed by atoms with van der Waals surface area (Å²) in [5.74, 6) is 0.914. The summed E-state index contributed by atoms with van der Waals surface area (Å²) in [6.45, 7) is 6.72. The maximum atomic E-state index is 11.7. The lowest BCUT2D eigenvalue weighted by Gasteiger charge is -2.08. The first-order chi connectivity index (χ1) is 6.56. The summed E-state index contributed by atoms with van der Waals surface area (Å²) in [6.07, 6.45) is 3.65. The molecular weight excluding hydrogens is 200 g/mol. The highest BCUT2D eigenvalue weighted by Gasteiger charge is 2.08. The molecule has 0 aromatic carbocycles. The zero-order chi connectivity index (χ0) is 10.7. The van der Waals surface area contributed by atoms with Gasteiger partial charge in [0, 0.05) is 30.9 Å². The van der Waals surface area contributed by atoms with Gasteiger partial charge in [-0.3, -0.25) is 9.13 Å². The van der Waals surface area contributed by atoms with Gasteiger partial charge in [0.2, 0.25) is 0 Å². The van der Waals surface area contributed by atoms with Gasteiger partial charge in [-0.2, -0.15) is 0 Å². The molecule has 0 fully saturated rings. The van der Waals surface area contributed by atoms with Gasteiger partial charge >= 0.3 is 5.69 Å². The Kier molecular flexibility index (Phi) is 3.81. The van der Waals surface area contributed by atoms with Crippen molar-refractivity contribution in [3.05, 3.63) is 22.9 Å². The third-order valence-corrected chi connectivity index (χ3v) is 2.73. The number of hydrogen-bond donors (Lipinski definition) is 0. The van der Waals surface area contributed by atoms with E-state index in [0.29, 0.717) is 18.3 Å². The molecule has 0 saturated heterocycles. The predicted molar refractivity (Wildman–Crippen MR) is 59.0 cm³/mol. The van der Waals surface area contributed by atoms with Gasteiger partial charge in [0.1, 0.15) is 0 Å². The second-order valence-electron chi connectivity index (χ2n) is 3.99. The highest BCUT2D eigenvalue weighted by Crippen LogP contribution is 2.03. The number of imidazole rings is 1. The van der Waals surface area contributed by atoms with E-state index in [2.05, 4.69) is 0 Å². The Morgan fingerprint density at radius 1 is 1.36 bits per heavy atom. The second kappa shape index (κ2) is 4.69. The van der Waals surface area contributed by atoms with Crippen LogP contribution in [0.1, 0.15) is 26.8 Å². The summed E-state index contributed by atoms with van der Waals surface area (Å²) < 4.78 is 3.44. The van der Waals surface area contributed by atoms with Crippen LogP contribution in [0.15, 0.2) is 17.2 Å². The van der Waals surface area contributed by atoms with Crippen LogP contribution in [0.4, 0.5) is 0 Å². The zero-order valence-corrected chi connectivity index (χ0v) is 9.66. The molecule has 0 aliphatic carbocycles. The van der Waals surface area contributed by atoms with Crippen LogP contribution >= 0.6 is 11.6 Å². The van der Waals surface area contributed by atoms with Crippen LogP contribution in [-0.2, 0) is 6.54 Å². The van der Waals surface area contributed by atoms with Crippen molar-refractivity contribution >= 4 is 11.6 Å². The Morgan fingerprint density at radius 3 is 2.43 bits per heavy atom. The summed E-state index contributed by atoms with van der Waals surface area (Å²) in [6, 6.07) is 0.218. The largest absolute Gasteiger partial charge is 0.328 e. The lowest BCUT2D eigenvalue weighted by Crippen LogP contribution is -2.27. The number of halogens is 1. The molecule has 0 aliphatic rings. The molecule has 0 spiro atoms. The molecule has 80 valence electrons. The van der Waals surface area contributed by atoms with Crippen molar-refractivity contribution in [2.24, 2.45) is 5.92 Å². The SMILES string of the molecule is CC(CCl)Cn1ccn(C(C)C)c1=O. The fourth-order valence-corrected chi connectivity index (χ4v) is 1.44. The molecule has 1 unspecified atom stereocenters. The molecule has 1 rings (SSSR count). The molecule has 1 aromatic heterocycles. The highest BCUT2D eigenvalue weighted by atomic mass is 35.5. The van der Waals surface area contributed by atoms with Crippen molar-refractivity contribution in [2.45, 2.75) is 33.4 Å². The number of alkyl halides is 1. The average Bonchev–Trinajstić information content (AvgIpc) is 2.48. The van der Waals surface area contributed by atoms with Crippen molar-refractivity contribution in [1.29, 1.82) is 0 Å². The van der Waals surface area contributed by atoms with Gasteiger partial charge in [-0.05, 0) is 19.8 Å². The Balaban J connectivity index is 2.85. The van der Waals surface area contributed by atoms with Crippen molar-refractivity contribution < 1.29 is 0 Å². The molecule has 1 aromatic rings. The molecule has 1 atom stereocenters. The van der Waals surface area contributed by atoms with Crippen molar-refractivity contribution in [2.75, 3.05) is 5.88 Å². The van der Waals surface area contributed by atoms with E-state index in [1.165, 1.54) is 0 Å². The fraction of sp³-hybridized carbons (Fsp3) is 0.700. The van der Waals surface area contributed by atoms with Gasteiger partial charge in [0.05, 0.1) is 0 Å². The number of rotatable bonds is 4. The van der Waals surface area contributed by atoms with Gasteiger partial charge in [0.25, 0.3) is 0 Å². The minimum absolute atomic E-state index is 0.0527. The van der Waals surface area contributed by atoms with E-state index in [1.54, 1.807) is 9.13 Å². The van der Waals surface area contributed by atoms with E-state index in [0.717, 1.165) is 0 Å². The number of aromatic nitrogens is 2. The first-order valence-electron chi connectivity index (χ1n) is 4.89. The van der Waals surface area contributed by atoms with Crippen LogP contribution in [-0.4, -0.2) is 15.0 Å². The summed E-state index contributed by atoms with van der Waals surface area (Å²) in [5.41, 5.74) is 0.0527. The maximum Gasteiger partial charge on any atom is 0.328 e. The number of nitrogens with zero attached hydrogens (tertiary/aromatic N) is 2. The third-order valence-electron chi connectivity index (χ3n) is 2.20. The Morgan fingerprint density at radius 2 is 2.00 bits per heavy atom. The van der Waals surface area contributed by atoms with E-state index in [4.69, 9.17) is 11.6 Å². The minimum atomic E-state index is 0.0527.